The van der Waals surface area contributed by atoms with Gasteiger partial charge in [-0.05, 0) is 38.6 Å². The summed E-state index contributed by atoms with van der Waals surface area (Å²) in [6.45, 7) is 5.35. The molecule has 0 bridgehead atoms. The zero-order chi connectivity index (χ0) is 11.8. The minimum Gasteiger partial charge on any atom is -0.380 e. The average Bonchev–Trinajstić information content (AvgIpc) is 2.88. The van der Waals surface area contributed by atoms with Gasteiger partial charge in [0, 0.05) is 25.9 Å². The third-order valence-corrected chi connectivity index (χ3v) is 3.39. The van der Waals surface area contributed by atoms with Gasteiger partial charge in [0.15, 0.2) is 0 Å². The summed E-state index contributed by atoms with van der Waals surface area (Å²) >= 11 is 0. The molecule has 2 fully saturated rings. The number of rotatable bonds is 7. The van der Waals surface area contributed by atoms with E-state index >= 15 is 0 Å². The van der Waals surface area contributed by atoms with Crippen molar-refractivity contribution in [3.63, 3.8) is 0 Å². The van der Waals surface area contributed by atoms with E-state index in [0.717, 1.165) is 52.4 Å². The van der Waals surface area contributed by atoms with Crippen molar-refractivity contribution in [3.05, 3.63) is 0 Å². The fourth-order valence-electron chi connectivity index (χ4n) is 2.37. The lowest BCUT2D eigenvalue weighted by molar-refractivity contribution is 0.0158. The molecule has 0 aromatic carbocycles. The predicted octanol–water partition coefficient (Wildman–Crippen LogP) is 1.34. The van der Waals surface area contributed by atoms with Crippen molar-refractivity contribution in [1.29, 1.82) is 0 Å². The van der Waals surface area contributed by atoms with E-state index in [-0.39, 0.29) is 0 Å². The van der Waals surface area contributed by atoms with Gasteiger partial charge in [0.1, 0.15) is 0 Å². The van der Waals surface area contributed by atoms with Crippen molar-refractivity contribution in [2.24, 2.45) is 0 Å². The number of nitrogens with one attached hydrogen (secondary N) is 1. The lowest BCUT2D eigenvalue weighted by atomic mass is 10.1. The van der Waals surface area contributed by atoms with E-state index in [4.69, 9.17) is 14.2 Å². The largest absolute Gasteiger partial charge is 0.380 e. The Bertz CT molecular complexity index is 189. The fraction of sp³-hybridized carbons (Fsp3) is 1.00. The van der Waals surface area contributed by atoms with Gasteiger partial charge in [-0.1, -0.05) is 0 Å². The summed E-state index contributed by atoms with van der Waals surface area (Å²) in [7, 11) is 0. The SMILES string of the molecule is C(CNC1CCCOC1)COCC1CCCO1. The molecular formula is C13H25NO3. The van der Waals surface area contributed by atoms with E-state index in [2.05, 4.69) is 5.32 Å². The van der Waals surface area contributed by atoms with Gasteiger partial charge in [-0.3, -0.25) is 0 Å². The summed E-state index contributed by atoms with van der Waals surface area (Å²) in [5.74, 6) is 0. The zero-order valence-corrected chi connectivity index (χ0v) is 10.7. The van der Waals surface area contributed by atoms with E-state index in [1.807, 2.05) is 0 Å². The molecule has 100 valence electrons. The van der Waals surface area contributed by atoms with Crippen molar-refractivity contribution in [1.82, 2.24) is 5.32 Å². The molecule has 0 radical (unpaired) electrons. The molecule has 4 nitrogen and oxygen atoms in total. The molecule has 2 aliphatic heterocycles. The zero-order valence-electron chi connectivity index (χ0n) is 10.7. The Kier molecular flexibility index (Phi) is 6.27. The van der Waals surface area contributed by atoms with Crippen LogP contribution in [0.1, 0.15) is 32.1 Å². The smallest absolute Gasteiger partial charge is 0.0809 e. The molecule has 1 N–H and O–H groups in total. The molecule has 0 aliphatic carbocycles. The second-order valence-electron chi connectivity index (χ2n) is 4.93. The maximum absolute atomic E-state index is 5.61. The van der Waals surface area contributed by atoms with Crippen LogP contribution < -0.4 is 5.32 Å². The second-order valence-corrected chi connectivity index (χ2v) is 4.93. The first-order valence-electron chi connectivity index (χ1n) is 6.95. The van der Waals surface area contributed by atoms with Crippen molar-refractivity contribution in [2.75, 3.05) is 39.6 Å². The van der Waals surface area contributed by atoms with Crippen LogP contribution in [-0.2, 0) is 14.2 Å². The lowest BCUT2D eigenvalue weighted by Gasteiger charge is -2.23. The maximum Gasteiger partial charge on any atom is 0.0809 e. The van der Waals surface area contributed by atoms with Crippen molar-refractivity contribution < 1.29 is 14.2 Å². The van der Waals surface area contributed by atoms with Crippen LogP contribution in [0.25, 0.3) is 0 Å². The molecule has 0 spiro atoms. The summed E-state index contributed by atoms with van der Waals surface area (Å²) < 4.78 is 16.5. The third-order valence-electron chi connectivity index (χ3n) is 3.39. The van der Waals surface area contributed by atoms with E-state index in [1.165, 1.54) is 19.3 Å². The Morgan fingerprint density at radius 1 is 1.18 bits per heavy atom. The van der Waals surface area contributed by atoms with E-state index in [1.54, 1.807) is 0 Å². The highest BCUT2D eigenvalue weighted by atomic mass is 16.5. The van der Waals surface area contributed by atoms with Crippen LogP contribution in [0.3, 0.4) is 0 Å². The minimum atomic E-state index is 0.356. The Balaban J connectivity index is 1.38. The van der Waals surface area contributed by atoms with Gasteiger partial charge in [0.2, 0.25) is 0 Å². The summed E-state index contributed by atoms with van der Waals surface area (Å²) in [6.07, 6.45) is 6.22. The number of hydrogen-bond acceptors (Lipinski definition) is 4. The molecule has 2 rings (SSSR count). The average molecular weight is 243 g/mol. The Morgan fingerprint density at radius 2 is 2.12 bits per heavy atom. The molecule has 0 aromatic rings. The number of ether oxygens (including phenoxy) is 3. The van der Waals surface area contributed by atoms with E-state index in [9.17, 15) is 0 Å². The fourth-order valence-corrected chi connectivity index (χ4v) is 2.37. The summed E-state index contributed by atoms with van der Waals surface area (Å²) in [6, 6.07) is 0.557. The van der Waals surface area contributed by atoms with E-state index < -0.39 is 0 Å². The van der Waals surface area contributed by atoms with Gasteiger partial charge >= 0.3 is 0 Å². The van der Waals surface area contributed by atoms with E-state index in [0.29, 0.717) is 12.1 Å². The van der Waals surface area contributed by atoms with Gasteiger partial charge < -0.3 is 19.5 Å². The Morgan fingerprint density at radius 3 is 2.88 bits per heavy atom. The molecular weight excluding hydrogens is 218 g/mol. The molecule has 17 heavy (non-hydrogen) atoms. The van der Waals surface area contributed by atoms with Crippen LogP contribution >= 0.6 is 0 Å². The molecule has 2 heterocycles. The van der Waals surface area contributed by atoms with Crippen LogP contribution in [0.2, 0.25) is 0 Å². The minimum absolute atomic E-state index is 0.356. The highest BCUT2D eigenvalue weighted by molar-refractivity contribution is 4.69. The van der Waals surface area contributed by atoms with Crippen LogP contribution in [0.5, 0.6) is 0 Å². The van der Waals surface area contributed by atoms with Crippen LogP contribution in [0.4, 0.5) is 0 Å². The molecule has 0 aromatic heterocycles. The van der Waals surface area contributed by atoms with Gasteiger partial charge in [-0.15, -0.1) is 0 Å². The first-order chi connectivity index (χ1) is 8.45. The van der Waals surface area contributed by atoms with Crippen LogP contribution in [-0.4, -0.2) is 51.7 Å². The predicted molar refractivity (Wildman–Crippen MR) is 66.3 cm³/mol. The highest BCUT2D eigenvalue weighted by Gasteiger charge is 2.15. The molecule has 2 unspecified atom stereocenters. The summed E-state index contributed by atoms with van der Waals surface area (Å²) in [4.78, 5) is 0. The third kappa shape index (κ3) is 5.34. The Labute approximate surface area is 104 Å². The van der Waals surface area contributed by atoms with Gasteiger partial charge in [0.25, 0.3) is 0 Å². The molecule has 2 atom stereocenters. The quantitative estimate of drug-likeness (QED) is 0.685. The monoisotopic (exact) mass is 243 g/mol. The summed E-state index contributed by atoms with van der Waals surface area (Å²) in [5.41, 5.74) is 0. The second kappa shape index (κ2) is 8.03. The van der Waals surface area contributed by atoms with Crippen LogP contribution in [0, 0.1) is 0 Å². The number of hydrogen-bond donors (Lipinski definition) is 1. The van der Waals surface area contributed by atoms with Gasteiger partial charge in [0.05, 0.1) is 19.3 Å². The maximum atomic E-state index is 5.61. The highest BCUT2D eigenvalue weighted by Crippen LogP contribution is 2.11. The topological polar surface area (TPSA) is 39.7 Å². The molecule has 0 amide bonds. The molecule has 0 saturated carbocycles. The first-order valence-corrected chi connectivity index (χ1v) is 6.95. The van der Waals surface area contributed by atoms with Crippen molar-refractivity contribution in [2.45, 2.75) is 44.2 Å². The lowest BCUT2D eigenvalue weighted by Crippen LogP contribution is -2.37. The standard InChI is InChI=1S/C13H25NO3/c1-4-12(10-15-7-1)14-6-3-8-16-11-13-5-2-9-17-13/h12-14H,1-11H2. The van der Waals surface area contributed by atoms with Crippen molar-refractivity contribution >= 4 is 0 Å². The van der Waals surface area contributed by atoms with Gasteiger partial charge in [-0.2, -0.15) is 0 Å². The van der Waals surface area contributed by atoms with Gasteiger partial charge in [-0.25, -0.2) is 0 Å². The molecule has 4 heteroatoms. The Hall–Kier alpha value is -0.160. The van der Waals surface area contributed by atoms with Crippen LogP contribution in [0.15, 0.2) is 0 Å². The van der Waals surface area contributed by atoms with Crippen molar-refractivity contribution in [3.8, 4) is 0 Å². The molecule has 2 aliphatic rings. The first kappa shape index (κ1) is 13.3. The summed E-state index contributed by atoms with van der Waals surface area (Å²) in [5, 5.41) is 3.51. The molecule has 2 saturated heterocycles. The normalized spacial score (nSPS) is 29.6.